The van der Waals surface area contributed by atoms with E-state index in [0.717, 1.165) is 5.56 Å². The Morgan fingerprint density at radius 3 is 2.63 bits per heavy atom. The van der Waals surface area contributed by atoms with E-state index in [0.29, 0.717) is 23.6 Å². The van der Waals surface area contributed by atoms with Gasteiger partial charge in [-0.2, -0.15) is 4.68 Å². The summed E-state index contributed by atoms with van der Waals surface area (Å²) in [5, 5.41) is 13.7. The highest BCUT2D eigenvalue weighted by atomic mass is 32.2. The molecule has 1 aromatic heterocycles. The summed E-state index contributed by atoms with van der Waals surface area (Å²) in [5.74, 6) is -0.725. The Hall–Kier alpha value is -4.12. The molecule has 4 aromatic rings. The predicted octanol–water partition coefficient (Wildman–Crippen LogP) is 3.50. The molecule has 0 saturated carbocycles. The number of benzene rings is 3. The molecule has 3 aromatic carbocycles. The fraction of sp³-hybridized carbons (Fsp3) is 0.167. The molecule has 1 amide bonds. The number of nitrogens with zero attached hydrogens (tertiary/aromatic N) is 5. The molecule has 0 aliphatic carbocycles. The average molecular weight is 493 g/mol. The highest BCUT2D eigenvalue weighted by Gasteiger charge is 2.36. The molecule has 35 heavy (non-hydrogen) atoms. The van der Waals surface area contributed by atoms with E-state index in [1.165, 1.54) is 51.5 Å². The van der Waals surface area contributed by atoms with Crippen LogP contribution in [0.25, 0.3) is 5.69 Å². The Morgan fingerprint density at radius 2 is 1.86 bits per heavy atom. The van der Waals surface area contributed by atoms with Crippen LogP contribution in [0.5, 0.6) is 0 Å². The molecule has 1 atom stereocenters. The number of carbonyl (C=O) groups is 1. The number of halogens is 1. The molecule has 0 bridgehead atoms. The molecule has 1 aliphatic heterocycles. The van der Waals surface area contributed by atoms with E-state index < -0.39 is 21.7 Å². The summed E-state index contributed by atoms with van der Waals surface area (Å²) in [6.45, 7) is 3.48. The van der Waals surface area contributed by atoms with Crippen LogP contribution in [0.3, 0.4) is 0 Å². The van der Waals surface area contributed by atoms with Gasteiger partial charge in [0.2, 0.25) is 0 Å². The highest BCUT2D eigenvalue weighted by molar-refractivity contribution is 7.92. The first-order chi connectivity index (χ1) is 16.8. The van der Waals surface area contributed by atoms with E-state index in [1.807, 2.05) is 19.1 Å². The van der Waals surface area contributed by atoms with Crippen molar-refractivity contribution in [1.82, 2.24) is 20.2 Å². The summed E-state index contributed by atoms with van der Waals surface area (Å²) in [5.41, 5.74) is 2.13. The van der Waals surface area contributed by atoms with Crippen molar-refractivity contribution in [2.75, 3.05) is 9.62 Å². The van der Waals surface area contributed by atoms with Gasteiger partial charge in [0.05, 0.1) is 10.6 Å². The van der Waals surface area contributed by atoms with Gasteiger partial charge in [-0.25, -0.2) is 12.8 Å². The van der Waals surface area contributed by atoms with Gasteiger partial charge in [0.25, 0.3) is 15.9 Å². The second kappa shape index (κ2) is 8.58. The van der Waals surface area contributed by atoms with E-state index in [4.69, 9.17) is 0 Å². The van der Waals surface area contributed by atoms with Gasteiger partial charge in [-0.3, -0.25) is 9.10 Å². The summed E-state index contributed by atoms with van der Waals surface area (Å²) in [7, 11) is -3.90. The van der Waals surface area contributed by atoms with Crippen LogP contribution in [0.1, 0.15) is 28.7 Å². The number of aromatic nitrogens is 4. The molecule has 0 fully saturated rings. The highest BCUT2D eigenvalue weighted by Crippen LogP contribution is 2.36. The second-order valence-electron chi connectivity index (χ2n) is 8.27. The third-order valence-electron chi connectivity index (χ3n) is 5.86. The lowest BCUT2D eigenvalue weighted by molar-refractivity contribution is 0.102. The van der Waals surface area contributed by atoms with E-state index in [-0.39, 0.29) is 22.2 Å². The Kier molecular flexibility index (Phi) is 5.56. The van der Waals surface area contributed by atoms with Crippen molar-refractivity contribution in [1.29, 1.82) is 0 Å². The molecule has 11 heteroatoms. The summed E-state index contributed by atoms with van der Waals surface area (Å²) < 4.78 is 44.0. The standard InChI is InChI=1S/C24H21FN6O3S/c1-15-12-17-6-3-4-9-22(17)31(15)35(33,34)20-8-5-7-18(13-20)24(32)26-19-10-11-21(25)23(14-19)30-16(2)27-28-29-30/h3-11,13-15H,12H2,1-2H3,(H,26,32). The molecule has 2 heterocycles. The minimum absolute atomic E-state index is 0.0119. The molecular formula is C24H21FN6O3S. The number of nitrogens with one attached hydrogen (secondary N) is 1. The Balaban J connectivity index is 1.43. The number of aryl methyl sites for hydroxylation is 1. The first kappa shape index (κ1) is 22.7. The Labute approximate surface area is 201 Å². The van der Waals surface area contributed by atoms with Crippen molar-refractivity contribution < 1.29 is 17.6 Å². The lowest BCUT2D eigenvalue weighted by Crippen LogP contribution is -2.35. The van der Waals surface area contributed by atoms with Crippen LogP contribution in [0.4, 0.5) is 15.8 Å². The molecule has 178 valence electrons. The van der Waals surface area contributed by atoms with Crippen LogP contribution in [0.15, 0.2) is 71.6 Å². The molecule has 1 unspecified atom stereocenters. The van der Waals surface area contributed by atoms with E-state index in [1.54, 1.807) is 19.1 Å². The number of anilines is 2. The van der Waals surface area contributed by atoms with E-state index in [9.17, 15) is 17.6 Å². The monoisotopic (exact) mass is 492 g/mol. The average Bonchev–Trinajstić information content (AvgIpc) is 3.42. The minimum atomic E-state index is -3.90. The second-order valence-corrected chi connectivity index (χ2v) is 10.1. The maximum atomic E-state index is 14.3. The molecular weight excluding hydrogens is 471 g/mol. The summed E-state index contributed by atoms with van der Waals surface area (Å²) >= 11 is 0. The molecule has 1 aliphatic rings. The number of rotatable bonds is 5. The molecule has 0 saturated heterocycles. The number of hydrogen-bond acceptors (Lipinski definition) is 6. The van der Waals surface area contributed by atoms with Crippen molar-refractivity contribution in [2.45, 2.75) is 31.2 Å². The van der Waals surface area contributed by atoms with Crippen LogP contribution < -0.4 is 9.62 Å². The zero-order valence-electron chi connectivity index (χ0n) is 18.9. The first-order valence-corrected chi connectivity index (χ1v) is 12.3. The largest absolute Gasteiger partial charge is 0.322 e. The maximum Gasteiger partial charge on any atom is 0.264 e. The van der Waals surface area contributed by atoms with Crippen molar-refractivity contribution in [3.8, 4) is 5.69 Å². The molecule has 0 radical (unpaired) electrons. The van der Waals surface area contributed by atoms with Gasteiger partial charge in [0, 0.05) is 17.3 Å². The third-order valence-corrected chi connectivity index (χ3v) is 7.78. The third kappa shape index (κ3) is 4.03. The minimum Gasteiger partial charge on any atom is -0.322 e. The van der Waals surface area contributed by atoms with Gasteiger partial charge in [0.1, 0.15) is 11.5 Å². The molecule has 1 N–H and O–H groups in total. The van der Waals surface area contributed by atoms with Crippen LogP contribution in [0, 0.1) is 12.7 Å². The van der Waals surface area contributed by atoms with Crippen molar-refractivity contribution in [3.63, 3.8) is 0 Å². The van der Waals surface area contributed by atoms with E-state index >= 15 is 0 Å². The molecule has 0 spiro atoms. The number of fused-ring (bicyclic) bond motifs is 1. The Morgan fingerprint density at radius 1 is 1.06 bits per heavy atom. The Bertz CT molecular complexity index is 1550. The van der Waals surface area contributed by atoms with Gasteiger partial charge in [0.15, 0.2) is 5.82 Å². The fourth-order valence-electron chi connectivity index (χ4n) is 4.23. The number of amides is 1. The smallest absolute Gasteiger partial charge is 0.264 e. The predicted molar refractivity (Wildman–Crippen MR) is 128 cm³/mol. The van der Waals surface area contributed by atoms with Crippen LogP contribution in [-0.4, -0.2) is 40.6 Å². The summed E-state index contributed by atoms with van der Waals surface area (Å²) in [6.07, 6.45) is 0.614. The molecule has 9 nitrogen and oxygen atoms in total. The zero-order chi connectivity index (χ0) is 24.7. The maximum absolute atomic E-state index is 14.3. The van der Waals surface area contributed by atoms with Gasteiger partial charge in [-0.05, 0) is 78.7 Å². The van der Waals surface area contributed by atoms with Crippen molar-refractivity contribution >= 4 is 27.3 Å². The first-order valence-electron chi connectivity index (χ1n) is 10.8. The topological polar surface area (TPSA) is 110 Å². The number of tetrazole rings is 1. The van der Waals surface area contributed by atoms with Crippen LogP contribution in [-0.2, 0) is 16.4 Å². The number of carbonyl (C=O) groups excluding carboxylic acids is 1. The normalized spacial score (nSPS) is 15.2. The van der Waals surface area contributed by atoms with Crippen molar-refractivity contribution in [3.05, 3.63) is 89.5 Å². The summed E-state index contributed by atoms with van der Waals surface area (Å²) in [6, 6.07) is 17.0. The number of hydrogen-bond donors (Lipinski definition) is 1. The number of para-hydroxylation sites is 1. The van der Waals surface area contributed by atoms with Crippen LogP contribution in [0.2, 0.25) is 0 Å². The quantitative estimate of drug-likeness (QED) is 0.457. The van der Waals surface area contributed by atoms with E-state index in [2.05, 4.69) is 20.8 Å². The van der Waals surface area contributed by atoms with Crippen molar-refractivity contribution in [2.24, 2.45) is 0 Å². The van der Waals surface area contributed by atoms with Gasteiger partial charge in [-0.1, -0.05) is 24.3 Å². The van der Waals surface area contributed by atoms with Crippen LogP contribution >= 0.6 is 0 Å². The lowest BCUT2D eigenvalue weighted by Gasteiger charge is -2.24. The SMILES string of the molecule is Cc1nnnn1-c1cc(NC(=O)c2cccc(S(=O)(=O)N3c4ccccc4CC3C)c2)ccc1F. The lowest BCUT2D eigenvalue weighted by atomic mass is 10.1. The fourth-order valence-corrected chi connectivity index (χ4v) is 5.96. The summed E-state index contributed by atoms with van der Waals surface area (Å²) in [4.78, 5) is 13.0. The molecule has 5 rings (SSSR count). The number of sulfonamides is 1. The zero-order valence-corrected chi connectivity index (χ0v) is 19.7. The van der Waals surface area contributed by atoms with Gasteiger partial charge >= 0.3 is 0 Å². The van der Waals surface area contributed by atoms with Gasteiger partial charge < -0.3 is 5.32 Å². The van der Waals surface area contributed by atoms with Gasteiger partial charge in [-0.15, -0.1) is 5.10 Å².